The molecule has 5 heteroatoms. The molecule has 1 heterocycles. The van der Waals surface area contributed by atoms with Crippen molar-refractivity contribution in [3.63, 3.8) is 0 Å². The first kappa shape index (κ1) is 12.0. The van der Waals surface area contributed by atoms with Crippen LogP contribution >= 0.6 is 0 Å². The Bertz CT molecular complexity index is 343. The molecule has 0 unspecified atom stereocenters. The second kappa shape index (κ2) is 4.18. The van der Waals surface area contributed by atoms with Crippen LogP contribution in [-0.4, -0.2) is 17.1 Å². The number of methoxy groups -OCH3 is 1. The van der Waals surface area contributed by atoms with E-state index in [1.807, 2.05) is 0 Å². The van der Waals surface area contributed by atoms with Crippen molar-refractivity contribution in [1.29, 1.82) is 0 Å². The fraction of sp³-hybridized carbons (Fsp3) is 0.600. The van der Waals surface area contributed by atoms with E-state index in [9.17, 15) is 8.78 Å². The maximum atomic E-state index is 13.3. The minimum Gasteiger partial charge on any atom is -0.371 e. The van der Waals surface area contributed by atoms with Crippen molar-refractivity contribution in [2.45, 2.75) is 32.8 Å². The summed E-state index contributed by atoms with van der Waals surface area (Å²) in [5.74, 6) is -1.62. The minimum absolute atomic E-state index is 0.0113. The van der Waals surface area contributed by atoms with E-state index in [0.717, 1.165) is 0 Å². The molecule has 0 amide bonds. The van der Waals surface area contributed by atoms with Crippen LogP contribution < -0.4 is 0 Å². The van der Waals surface area contributed by atoms with Gasteiger partial charge in [0.2, 0.25) is 11.9 Å². The summed E-state index contributed by atoms with van der Waals surface area (Å²) in [5, 5.41) is 0. The van der Waals surface area contributed by atoms with E-state index >= 15 is 0 Å². The Morgan fingerprint density at radius 2 is 1.67 bits per heavy atom. The molecule has 0 fully saturated rings. The Balaban J connectivity index is 3.26. The molecule has 0 aliphatic heterocycles. The van der Waals surface area contributed by atoms with Crippen molar-refractivity contribution in [2.24, 2.45) is 0 Å². The molecule has 0 saturated carbocycles. The lowest BCUT2D eigenvalue weighted by Gasteiger charge is -2.21. The second-order valence-electron chi connectivity index (χ2n) is 3.68. The molecule has 3 nitrogen and oxygen atoms in total. The van der Waals surface area contributed by atoms with Crippen LogP contribution in [0.15, 0.2) is 0 Å². The molecule has 1 aromatic heterocycles. The van der Waals surface area contributed by atoms with Gasteiger partial charge in [0.1, 0.15) is 5.60 Å². The zero-order valence-electron chi connectivity index (χ0n) is 9.27. The van der Waals surface area contributed by atoms with E-state index in [0.29, 0.717) is 0 Å². The number of nitrogens with zero attached hydrogens (tertiary/aromatic N) is 2. The van der Waals surface area contributed by atoms with Gasteiger partial charge < -0.3 is 4.74 Å². The second-order valence-corrected chi connectivity index (χ2v) is 3.68. The molecule has 15 heavy (non-hydrogen) atoms. The number of halogens is 2. The largest absolute Gasteiger partial charge is 0.371 e. The number of rotatable bonds is 3. The maximum absolute atomic E-state index is 13.3. The molecule has 0 aliphatic carbocycles. The highest BCUT2D eigenvalue weighted by Crippen LogP contribution is 2.21. The molecule has 0 bridgehead atoms. The van der Waals surface area contributed by atoms with Gasteiger partial charge in [0.05, 0.1) is 5.56 Å². The van der Waals surface area contributed by atoms with E-state index in [4.69, 9.17) is 4.74 Å². The minimum atomic E-state index is -0.895. The quantitative estimate of drug-likeness (QED) is 0.726. The van der Waals surface area contributed by atoms with Crippen LogP contribution in [0.4, 0.5) is 8.78 Å². The zero-order valence-corrected chi connectivity index (χ0v) is 9.27. The van der Waals surface area contributed by atoms with Crippen molar-refractivity contribution in [2.75, 3.05) is 7.11 Å². The lowest BCUT2D eigenvalue weighted by molar-refractivity contribution is 0.00983. The third-order valence-corrected chi connectivity index (χ3v) is 2.31. The highest BCUT2D eigenvalue weighted by molar-refractivity contribution is 5.12. The molecule has 84 valence electrons. The van der Waals surface area contributed by atoms with Gasteiger partial charge >= 0.3 is 0 Å². The van der Waals surface area contributed by atoms with Gasteiger partial charge in [-0.2, -0.15) is 8.78 Å². The van der Waals surface area contributed by atoms with Crippen LogP contribution in [0.5, 0.6) is 0 Å². The van der Waals surface area contributed by atoms with Crippen LogP contribution in [0.1, 0.15) is 32.2 Å². The third kappa shape index (κ3) is 2.28. The molecule has 1 aromatic rings. The van der Waals surface area contributed by atoms with Crippen molar-refractivity contribution >= 4 is 0 Å². The molecule has 0 atom stereocenters. The highest BCUT2D eigenvalue weighted by atomic mass is 19.1. The lowest BCUT2D eigenvalue weighted by Crippen LogP contribution is -2.25. The SMILES string of the molecule is CCc1c(F)nc(C(C)(C)OC)nc1F. The van der Waals surface area contributed by atoms with Gasteiger partial charge in [-0.05, 0) is 20.3 Å². The Morgan fingerprint density at radius 1 is 1.20 bits per heavy atom. The van der Waals surface area contributed by atoms with Gasteiger partial charge in [0.15, 0.2) is 5.82 Å². The molecular formula is C10H14F2N2O. The zero-order chi connectivity index (χ0) is 11.6. The van der Waals surface area contributed by atoms with Crippen molar-refractivity contribution in [1.82, 2.24) is 9.97 Å². The summed E-state index contributed by atoms with van der Waals surface area (Å²) in [7, 11) is 1.44. The van der Waals surface area contributed by atoms with Crippen molar-refractivity contribution in [3.8, 4) is 0 Å². The summed E-state index contributed by atoms with van der Waals surface area (Å²) in [6, 6.07) is 0. The van der Waals surface area contributed by atoms with Crippen LogP contribution in [0.2, 0.25) is 0 Å². The summed E-state index contributed by atoms with van der Waals surface area (Å²) >= 11 is 0. The summed E-state index contributed by atoms with van der Waals surface area (Å²) in [5.41, 5.74) is -0.987. The fourth-order valence-electron chi connectivity index (χ4n) is 1.08. The smallest absolute Gasteiger partial charge is 0.222 e. The van der Waals surface area contributed by atoms with Gasteiger partial charge in [-0.1, -0.05) is 6.92 Å². The lowest BCUT2D eigenvalue weighted by atomic mass is 10.1. The van der Waals surface area contributed by atoms with Crippen molar-refractivity contribution < 1.29 is 13.5 Å². The first-order valence-electron chi connectivity index (χ1n) is 4.70. The molecule has 0 saturated heterocycles. The average molecular weight is 216 g/mol. The molecular weight excluding hydrogens is 202 g/mol. The molecule has 0 radical (unpaired) electrons. The van der Waals surface area contributed by atoms with Crippen LogP contribution in [0, 0.1) is 11.9 Å². The topological polar surface area (TPSA) is 35.0 Å². The van der Waals surface area contributed by atoms with E-state index in [-0.39, 0.29) is 17.8 Å². The number of ether oxygens (including phenoxy) is 1. The van der Waals surface area contributed by atoms with Gasteiger partial charge in [-0.3, -0.25) is 0 Å². The first-order chi connectivity index (χ1) is 6.92. The van der Waals surface area contributed by atoms with Gasteiger partial charge in [-0.15, -0.1) is 0 Å². The third-order valence-electron chi connectivity index (χ3n) is 2.31. The Kier molecular flexibility index (Phi) is 3.34. The van der Waals surface area contributed by atoms with E-state index in [1.165, 1.54) is 7.11 Å². The average Bonchev–Trinajstić information content (AvgIpc) is 2.17. The monoisotopic (exact) mass is 216 g/mol. The number of hydrogen-bond donors (Lipinski definition) is 0. The fourth-order valence-corrected chi connectivity index (χ4v) is 1.08. The predicted octanol–water partition coefficient (Wildman–Crippen LogP) is 2.20. The highest BCUT2D eigenvalue weighted by Gasteiger charge is 2.26. The summed E-state index contributed by atoms with van der Waals surface area (Å²) < 4.78 is 31.7. The van der Waals surface area contributed by atoms with Crippen LogP contribution in [0.25, 0.3) is 0 Å². The van der Waals surface area contributed by atoms with Gasteiger partial charge in [0.25, 0.3) is 0 Å². The summed E-state index contributed by atoms with van der Waals surface area (Å²) in [6.07, 6.45) is 0.228. The summed E-state index contributed by atoms with van der Waals surface area (Å²) in [6.45, 7) is 4.94. The standard InChI is InChI=1S/C10H14F2N2O/c1-5-6-7(11)13-9(14-8(6)12)10(2,3)15-4/h5H2,1-4H3. The van der Waals surface area contributed by atoms with Crippen molar-refractivity contribution in [3.05, 3.63) is 23.3 Å². The maximum Gasteiger partial charge on any atom is 0.222 e. The number of aromatic nitrogens is 2. The van der Waals surface area contributed by atoms with E-state index in [2.05, 4.69) is 9.97 Å². The molecule has 0 N–H and O–H groups in total. The van der Waals surface area contributed by atoms with Crippen LogP contribution in [0.3, 0.4) is 0 Å². The van der Waals surface area contributed by atoms with E-state index in [1.54, 1.807) is 20.8 Å². The van der Waals surface area contributed by atoms with Crippen LogP contribution in [-0.2, 0) is 16.8 Å². The van der Waals surface area contributed by atoms with E-state index < -0.39 is 17.5 Å². The van der Waals surface area contributed by atoms with Gasteiger partial charge in [0, 0.05) is 7.11 Å². The molecule has 1 rings (SSSR count). The first-order valence-corrected chi connectivity index (χ1v) is 4.70. The predicted molar refractivity (Wildman–Crippen MR) is 51.4 cm³/mol. The van der Waals surface area contributed by atoms with Gasteiger partial charge in [-0.25, -0.2) is 9.97 Å². The Labute approximate surface area is 87.5 Å². The molecule has 0 spiro atoms. The Morgan fingerprint density at radius 3 is 2.00 bits per heavy atom. The Hall–Kier alpha value is -1.10. The normalized spacial score (nSPS) is 11.9. The molecule has 0 aliphatic rings. The summed E-state index contributed by atoms with van der Waals surface area (Å²) in [4.78, 5) is 7.21. The number of hydrogen-bond acceptors (Lipinski definition) is 3. The molecule has 0 aromatic carbocycles.